The molecule has 24 heavy (non-hydrogen) atoms. The SMILES string of the molecule is CCOc1cc(-c2nc3ccccc3c(=O)[nH]2)ccc1OCC#N. The largest absolute Gasteiger partial charge is 0.490 e. The average molecular weight is 321 g/mol. The Balaban J connectivity index is 2.07. The molecule has 3 aromatic rings. The Hall–Kier alpha value is -3.33. The van der Waals surface area contributed by atoms with Crippen molar-refractivity contribution in [2.24, 2.45) is 0 Å². The number of H-pyrrole nitrogens is 1. The zero-order chi connectivity index (χ0) is 16.9. The summed E-state index contributed by atoms with van der Waals surface area (Å²) in [6, 6.07) is 14.3. The Bertz CT molecular complexity index is 973. The van der Waals surface area contributed by atoms with Crippen molar-refractivity contribution >= 4 is 10.9 Å². The highest BCUT2D eigenvalue weighted by Gasteiger charge is 2.11. The Morgan fingerprint density at radius 2 is 2.00 bits per heavy atom. The van der Waals surface area contributed by atoms with Crippen LogP contribution in [0.2, 0.25) is 0 Å². The number of fused-ring (bicyclic) bond motifs is 1. The molecule has 0 saturated heterocycles. The number of aromatic amines is 1. The molecule has 0 unspecified atom stereocenters. The van der Waals surface area contributed by atoms with Crippen molar-refractivity contribution in [1.82, 2.24) is 9.97 Å². The predicted octanol–water partition coefficient (Wildman–Crippen LogP) is 2.89. The number of nitrogens with zero attached hydrogens (tertiary/aromatic N) is 2. The summed E-state index contributed by atoms with van der Waals surface area (Å²) >= 11 is 0. The summed E-state index contributed by atoms with van der Waals surface area (Å²) < 4.78 is 10.9. The molecule has 120 valence electrons. The van der Waals surface area contributed by atoms with Gasteiger partial charge in [0.05, 0.1) is 17.5 Å². The van der Waals surface area contributed by atoms with Gasteiger partial charge in [-0.05, 0) is 37.3 Å². The standard InChI is InChI=1S/C18H15N3O3/c1-2-23-16-11-12(7-8-15(16)24-10-9-19)17-20-14-6-4-3-5-13(14)18(22)21-17/h3-8,11H,2,10H2,1H3,(H,20,21,22). The zero-order valence-electron chi connectivity index (χ0n) is 13.1. The van der Waals surface area contributed by atoms with Crippen LogP contribution in [-0.2, 0) is 0 Å². The van der Waals surface area contributed by atoms with Crippen molar-refractivity contribution in [3.8, 4) is 29.0 Å². The topological polar surface area (TPSA) is 88.0 Å². The maximum absolute atomic E-state index is 12.2. The molecule has 0 atom stereocenters. The van der Waals surface area contributed by atoms with E-state index in [4.69, 9.17) is 14.7 Å². The van der Waals surface area contributed by atoms with Crippen LogP contribution >= 0.6 is 0 Å². The van der Waals surface area contributed by atoms with E-state index in [9.17, 15) is 4.79 Å². The summed E-state index contributed by atoms with van der Waals surface area (Å²) in [5.74, 6) is 1.43. The van der Waals surface area contributed by atoms with Gasteiger partial charge in [0.25, 0.3) is 5.56 Å². The van der Waals surface area contributed by atoms with Crippen LogP contribution in [0.4, 0.5) is 0 Å². The van der Waals surface area contributed by atoms with E-state index in [0.29, 0.717) is 40.4 Å². The molecule has 1 heterocycles. The molecular formula is C18H15N3O3. The number of hydrogen-bond donors (Lipinski definition) is 1. The summed E-state index contributed by atoms with van der Waals surface area (Å²) in [4.78, 5) is 19.5. The minimum Gasteiger partial charge on any atom is -0.490 e. The predicted molar refractivity (Wildman–Crippen MR) is 90.1 cm³/mol. The van der Waals surface area contributed by atoms with Crippen molar-refractivity contribution in [1.29, 1.82) is 5.26 Å². The summed E-state index contributed by atoms with van der Waals surface area (Å²) in [7, 11) is 0. The lowest BCUT2D eigenvalue weighted by atomic mass is 10.1. The molecule has 6 nitrogen and oxygen atoms in total. The van der Waals surface area contributed by atoms with Crippen LogP contribution in [0, 0.1) is 11.3 Å². The number of benzene rings is 2. The van der Waals surface area contributed by atoms with E-state index in [2.05, 4.69) is 9.97 Å². The first-order valence-electron chi connectivity index (χ1n) is 7.49. The van der Waals surface area contributed by atoms with E-state index < -0.39 is 0 Å². The Morgan fingerprint density at radius 3 is 2.79 bits per heavy atom. The molecule has 0 saturated carbocycles. The van der Waals surface area contributed by atoms with Crippen molar-refractivity contribution in [2.45, 2.75) is 6.92 Å². The van der Waals surface area contributed by atoms with Gasteiger partial charge < -0.3 is 14.5 Å². The molecule has 3 rings (SSSR count). The molecule has 0 aliphatic carbocycles. The highest BCUT2D eigenvalue weighted by molar-refractivity contribution is 5.79. The summed E-state index contributed by atoms with van der Waals surface area (Å²) in [6.45, 7) is 2.25. The Labute approximate surface area is 138 Å². The second-order valence-corrected chi connectivity index (χ2v) is 4.97. The fraction of sp³-hybridized carbons (Fsp3) is 0.167. The maximum Gasteiger partial charge on any atom is 0.259 e. The van der Waals surface area contributed by atoms with Gasteiger partial charge in [0.2, 0.25) is 0 Å². The van der Waals surface area contributed by atoms with Gasteiger partial charge >= 0.3 is 0 Å². The van der Waals surface area contributed by atoms with E-state index in [-0.39, 0.29) is 12.2 Å². The number of ether oxygens (including phenoxy) is 2. The van der Waals surface area contributed by atoms with Gasteiger partial charge in [0.1, 0.15) is 11.9 Å². The molecule has 1 N–H and O–H groups in total. The van der Waals surface area contributed by atoms with Crippen LogP contribution in [0.5, 0.6) is 11.5 Å². The normalized spacial score (nSPS) is 10.3. The van der Waals surface area contributed by atoms with Crippen molar-refractivity contribution in [2.75, 3.05) is 13.2 Å². The maximum atomic E-state index is 12.2. The average Bonchev–Trinajstić information content (AvgIpc) is 2.61. The molecule has 2 aromatic carbocycles. The van der Waals surface area contributed by atoms with Crippen LogP contribution in [0.3, 0.4) is 0 Å². The second-order valence-electron chi connectivity index (χ2n) is 4.97. The van der Waals surface area contributed by atoms with Gasteiger partial charge in [-0.15, -0.1) is 0 Å². The first-order chi connectivity index (χ1) is 11.7. The van der Waals surface area contributed by atoms with Crippen LogP contribution in [-0.4, -0.2) is 23.2 Å². The molecule has 0 bridgehead atoms. The van der Waals surface area contributed by atoms with E-state index in [1.807, 2.05) is 19.1 Å². The van der Waals surface area contributed by atoms with Gasteiger partial charge in [0.15, 0.2) is 18.1 Å². The summed E-state index contributed by atoms with van der Waals surface area (Å²) in [5.41, 5.74) is 1.13. The molecule has 0 aliphatic rings. The molecule has 6 heteroatoms. The molecule has 0 spiro atoms. The smallest absolute Gasteiger partial charge is 0.259 e. The van der Waals surface area contributed by atoms with Crippen LogP contribution in [0.15, 0.2) is 47.3 Å². The monoisotopic (exact) mass is 321 g/mol. The molecule has 0 amide bonds. The number of rotatable bonds is 5. The minimum absolute atomic E-state index is 0.0650. The minimum atomic E-state index is -0.196. The van der Waals surface area contributed by atoms with E-state index in [0.717, 1.165) is 0 Å². The summed E-state index contributed by atoms with van der Waals surface area (Å²) in [5, 5.41) is 9.19. The second kappa shape index (κ2) is 6.84. The third-order valence-electron chi connectivity index (χ3n) is 3.42. The van der Waals surface area contributed by atoms with Crippen molar-refractivity contribution < 1.29 is 9.47 Å². The lowest BCUT2D eigenvalue weighted by molar-refractivity contribution is 0.299. The zero-order valence-corrected chi connectivity index (χ0v) is 13.1. The first-order valence-corrected chi connectivity index (χ1v) is 7.49. The van der Waals surface area contributed by atoms with Crippen LogP contribution < -0.4 is 15.0 Å². The Kier molecular flexibility index (Phi) is 4.43. The van der Waals surface area contributed by atoms with Crippen LogP contribution in [0.1, 0.15) is 6.92 Å². The molecule has 0 fully saturated rings. The van der Waals surface area contributed by atoms with Crippen LogP contribution in [0.25, 0.3) is 22.3 Å². The van der Waals surface area contributed by atoms with Crippen molar-refractivity contribution in [3.05, 3.63) is 52.8 Å². The number of nitriles is 1. The molecule has 1 aromatic heterocycles. The fourth-order valence-electron chi connectivity index (χ4n) is 2.38. The van der Waals surface area contributed by atoms with Crippen molar-refractivity contribution in [3.63, 3.8) is 0 Å². The third-order valence-corrected chi connectivity index (χ3v) is 3.42. The van der Waals surface area contributed by atoms with Gasteiger partial charge in [0, 0.05) is 5.56 Å². The lowest BCUT2D eigenvalue weighted by Crippen LogP contribution is -2.09. The molecule has 0 aliphatic heterocycles. The van der Waals surface area contributed by atoms with Gasteiger partial charge in [-0.3, -0.25) is 4.79 Å². The van der Waals surface area contributed by atoms with Gasteiger partial charge in [-0.25, -0.2) is 4.98 Å². The molecule has 0 radical (unpaired) electrons. The van der Waals surface area contributed by atoms with Gasteiger partial charge in [-0.2, -0.15) is 5.26 Å². The fourth-order valence-corrected chi connectivity index (χ4v) is 2.38. The highest BCUT2D eigenvalue weighted by atomic mass is 16.5. The molecular weight excluding hydrogens is 306 g/mol. The third kappa shape index (κ3) is 3.06. The summed E-state index contributed by atoms with van der Waals surface area (Å²) in [6.07, 6.45) is 0. The quantitative estimate of drug-likeness (QED) is 0.780. The number of hydrogen-bond acceptors (Lipinski definition) is 5. The lowest BCUT2D eigenvalue weighted by Gasteiger charge is -2.11. The number of para-hydroxylation sites is 1. The number of aromatic nitrogens is 2. The number of nitrogens with one attached hydrogen (secondary N) is 1. The highest BCUT2D eigenvalue weighted by Crippen LogP contribution is 2.31. The Morgan fingerprint density at radius 1 is 1.17 bits per heavy atom. The van der Waals surface area contributed by atoms with E-state index >= 15 is 0 Å². The van der Waals surface area contributed by atoms with Gasteiger partial charge in [-0.1, -0.05) is 12.1 Å². The van der Waals surface area contributed by atoms with E-state index in [1.54, 1.807) is 36.4 Å². The van der Waals surface area contributed by atoms with E-state index in [1.165, 1.54) is 0 Å². The first kappa shape index (κ1) is 15.6.